The van der Waals surface area contributed by atoms with Crippen LogP contribution >= 0.6 is 23.2 Å². The molecule has 1 aliphatic carbocycles. The molecule has 1 aromatic rings. The lowest BCUT2D eigenvalue weighted by molar-refractivity contribution is -0.130. The Labute approximate surface area is 195 Å². The number of nitrogens with one attached hydrogen (secondary N) is 1. The van der Waals surface area contributed by atoms with Crippen molar-refractivity contribution < 1.29 is 9.59 Å². The standard InChI is InChI=1S/C24H33Cl2N3O2/c25-21-9-7-19(17-22(21)26)8-10-23(30)29-14-11-24(31)28(15-16-29)13-4-12-27-18-20-5-2-1-3-6-20/h7-10,17,20,27H,1-6,11-16,18H2. The third-order valence-electron chi connectivity index (χ3n) is 6.20. The van der Waals surface area contributed by atoms with Crippen LogP contribution in [0.1, 0.15) is 50.5 Å². The Morgan fingerprint density at radius 3 is 2.68 bits per heavy atom. The van der Waals surface area contributed by atoms with Gasteiger partial charge in [0.1, 0.15) is 0 Å². The molecule has 7 heteroatoms. The highest BCUT2D eigenvalue weighted by Crippen LogP contribution is 2.23. The van der Waals surface area contributed by atoms with Crippen molar-refractivity contribution in [2.75, 3.05) is 39.3 Å². The van der Waals surface area contributed by atoms with Crippen LogP contribution < -0.4 is 5.32 Å². The molecule has 1 saturated carbocycles. The monoisotopic (exact) mass is 465 g/mol. The minimum atomic E-state index is -0.0881. The molecule has 0 spiro atoms. The number of nitrogens with zero attached hydrogens (tertiary/aromatic N) is 2. The van der Waals surface area contributed by atoms with E-state index in [1.807, 2.05) is 11.0 Å². The number of hydrogen-bond acceptors (Lipinski definition) is 3. The smallest absolute Gasteiger partial charge is 0.246 e. The van der Waals surface area contributed by atoms with E-state index in [1.54, 1.807) is 23.1 Å². The first-order chi connectivity index (χ1) is 15.0. The summed E-state index contributed by atoms with van der Waals surface area (Å²) in [7, 11) is 0. The molecule has 2 amide bonds. The summed E-state index contributed by atoms with van der Waals surface area (Å²) in [6, 6.07) is 5.25. The van der Waals surface area contributed by atoms with Crippen molar-refractivity contribution in [2.24, 2.45) is 5.92 Å². The van der Waals surface area contributed by atoms with Gasteiger partial charge in [-0.2, -0.15) is 0 Å². The van der Waals surface area contributed by atoms with E-state index in [1.165, 1.54) is 38.2 Å². The molecule has 0 atom stereocenters. The lowest BCUT2D eigenvalue weighted by Crippen LogP contribution is -2.36. The highest BCUT2D eigenvalue weighted by atomic mass is 35.5. The largest absolute Gasteiger partial charge is 0.341 e. The van der Waals surface area contributed by atoms with Crippen molar-refractivity contribution in [3.05, 3.63) is 39.9 Å². The van der Waals surface area contributed by atoms with Crippen LogP contribution in [0.25, 0.3) is 6.08 Å². The van der Waals surface area contributed by atoms with Gasteiger partial charge in [0.25, 0.3) is 0 Å². The lowest BCUT2D eigenvalue weighted by atomic mass is 9.89. The molecular weight excluding hydrogens is 433 g/mol. The summed E-state index contributed by atoms with van der Waals surface area (Å²) in [5.74, 6) is 0.871. The Bertz CT molecular complexity index is 778. The van der Waals surface area contributed by atoms with Gasteiger partial charge in [0.05, 0.1) is 10.0 Å². The summed E-state index contributed by atoms with van der Waals surface area (Å²) < 4.78 is 0. The van der Waals surface area contributed by atoms with Crippen LogP contribution in [0.4, 0.5) is 0 Å². The predicted molar refractivity (Wildman–Crippen MR) is 127 cm³/mol. The number of benzene rings is 1. The maximum Gasteiger partial charge on any atom is 0.246 e. The van der Waals surface area contributed by atoms with Gasteiger partial charge in [0.2, 0.25) is 11.8 Å². The third-order valence-corrected chi connectivity index (χ3v) is 6.94. The molecule has 0 aromatic heterocycles. The molecule has 31 heavy (non-hydrogen) atoms. The number of carbonyl (C=O) groups excluding carboxylic acids is 2. The van der Waals surface area contributed by atoms with Crippen LogP contribution in [-0.2, 0) is 9.59 Å². The summed E-state index contributed by atoms with van der Waals surface area (Å²) in [6.07, 6.45) is 11.4. The van der Waals surface area contributed by atoms with E-state index in [0.29, 0.717) is 36.1 Å². The molecule has 0 radical (unpaired) electrons. The van der Waals surface area contributed by atoms with E-state index in [-0.39, 0.29) is 11.8 Å². The van der Waals surface area contributed by atoms with Gasteiger partial charge in [-0.15, -0.1) is 0 Å². The fraction of sp³-hybridized carbons (Fsp3) is 0.583. The van der Waals surface area contributed by atoms with Gasteiger partial charge in [-0.25, -0.2) is 0 Å². The Hall–Kier alpha value is -1.56. The number of hydrogen-bond donors (Lipinski definition) is 1. The highest BCUT2D eigenvalue weighted by Gasteiger charge is 2.22. The summed E-state index contributed by atoms with van der Waals surface area (Å²) >= 11 is 12.0. The zero-order valence-corrected chi connectivity index (χ0v) is 19.6. The normalized spacial score (nSPS) is 18.6. The Morgan fingerprint density at radius 1 is 1.10 bits per heavy atom. The highest BCUT2D eigenvalue weighted by molar-refractivity contribution is 6.42. The summed E-state index contributed by atoms with van der Waals surface area (Å²) in [4.78, 5) is 28.7. The fourth-order valence-electron chi connectivity index (χ4n) is 4.30. The molecule has 5 nitrogen and oxygen atoms in total. The molecule has 3 rings (SSSR count). The second-order valence-corrected chi connectivity index (χ2v) is 9.34. The minimum Gasteiger partial charge on any atom is -0.341 e. The maximum atomic E-state index is 12.6. The topological polar surface area (TPSA) is 52.7 Å². The Morgan fingerprint density at radius 2 is 1.90 bits per heavy atom. The summed E-state index contributed by atoms with van der Waals surface area (Å²) in [6.45, 7) is 4.40. The summed E-state index contributed by atoms with van der Waals surface area (Å²) in [5.41, 5.74) is 0.816. The SMILES string of the molecule is O=C(C=Cc1ccc(Cl)c(Cl)c1)N1CCC(=O)N(CCCNCC2CCCCC2)CC1. The third kappa shape index (κ3) is 7.81. The van der Waals surface area contributed by atoms with Gasteiger partial charge in [-0.05, 0) is 62.0 Å². The van der Waals surface area contributed by atoms with Crippen molar-refractivity contribution in [2.45, 2.75) is 44.9 Å². The Kier molecular flexibility index (Phi) is 9.69. The predicted octanol–water partition coefficient (Wildman–Crippen LogP) is 4.63. The van der Waals surface area contributed by atoms with Gasteiger partial charge in [0.15, 0.2) is 0 Å². The zero-order valence-electron chi connectivity index (χ0n) is 18.1. The van der Waals surface area contributed by atoms with E-state index in [4.69, 9.17) is 23.2 Å². The Balaban J connectivity index is 1.39. The van der Waals surface area contributed by atoms with Crippen LogP contribution in [-0.4, -0.2) is 60.9 Å². The molecular formula is C24H33Cl2N3O2. The van der Waals surface area contributed by atoms with Gasteiger partial charge in [0, 0.05) is 38.7 Å². The van der Waals surface area contributed by atoms with E-state index < -0.39 is 0 Å². The second-order valence-electron chi connectivity index (χ2n) is 8.52. The molecule has 2 fully saturated rings. The van der Waals surface area contributed by atoms with Crippen molar-refractivity contribution in [1.29, 1.82) is 0 Å². The fourth-order valence-corrected chi connectivity index (χ4v) is 4.61. The van der Waals surface area contributed by atoms with E-state index in [0.717, 1.165) is 37.5 Å². The van der Waals surface area contributed by atoms with Gasteiger partial charge in [-0.1, -0.05) is 48.5 Å². The van der Waals surface area contributed by atoms with Crippen LogP contribution in [0, 0.1) is 5.92 Å². The van der Waals surface area contributed by atoms with E-state index in [2.05, 4.69) is 5.32 Å². The van der Waals surface area contributed by atoms with Gasteiger partial charge in [-0.3, -0.25) is 9.59 Å². The first kappa shape index (κ1) is 24.1. The van der Waals surface area contributed by atoms with Gasteiger partial charge < -0.3 is 15.1 Å². The first-order valence-electron chi connectivity index (χ1n) is 11.4. The molecule has 0 bridgehead atoms. The van der Waals surface area contributed by atoms with E-state index in [9.17, 15) is 9.59 Å². The lowest BCUT2D eigenvalue weighted by Gasteiger charge is -2.23. The molecule has 170 valence electrons. The quantitative estimate of drug-likeness (QED) is 0.449. The molecule has 1 saturated heterocycles. The zero-order chi connectivity index (χ0) is 22.1. The van der Waals surface area contributed by atoms with Crippen molar-refractivity contribution in [3.63, 3.8) is 0 Å². The van der Waals surface area contributed by atoms with Crippen LogP contribution in [0.3, 0.4) is 0 Å². The molecule has 2 aliphatic rings. The average Bonchev–Trinajstić information content (AvgIpc) is 2.96. The van der Waals surface area contributed by atoms with Crippen LogP contribution in [0.15, 0.2) is 24.3 Å². The first-order valence-corrected chi connectivity index (χ1v) is 12.2. The number of amides is 2. The van der Waals surface area contributed by atoms with Crippen molar-refractivity contribution >= 4 is 41.1 Å². The summed E-state index contributed by atoms with van der Waals surface area (Å²) in [5, 5.41) is 4.51. The molecule has 1 aliphatic heterocycles. The molecule has 1 aromatic carbocycles. The average molecular weight is 466 g/mol. The minimum absolute atomic E-state index is 0.0881. The number of halogens is 2. The number of carbonyl (C=O) groups is 2. The van der Waals surface area contributed by atoms with Gasteiger partial charge >= 0.3 is 0 Å². The van der Waals surface area contributed by atoms with Crippen molar-refractivity contribution in [1.82, 2.24) is 15.1 Å². The van der Waals surface area contributed by atoms with E-state index >= 15 is 0 Å². The molecule has 1 N–H and O–H groups in total. The maximum absolute atomic E-state index is 12.6. The van der Waals surface area contributed by atoms with Crippen molar-refractivity contribution in [3.8, 4) is 0 Å². The second kappa shape index (κ2) is 12.5. The molecule has 0 unspecified atom stereocenters. The van der Waals surface area contributed by atoms with Crippen LogP contribution in [0.2, 0.25) is 10.0 Å². The van der Waals surface area contributed by atoms with Crippen LogP contribution in [0.5, 0.6) is 0 Å². The number of rotatable bonds is 8. The molecule has 1 heterocycles.